The highest BCUT2D eigenvalue weighted by Gasteiger charge is 2.35. The van der Waals surface area contributed by atoms with Gasteiger partial charge in [-0.05, 0) is 20.8 Å². The zero-order chi connectivity index (χ0) is 14.9. The molecule has 0 aromatic heterocycles. The van der Waals surface area contributed by atoms with E-state index in [0.717, 1.165) is 29.8 Å². The Labute approximate surface area is 123 Å². The highest BCUT2D eigenvalue weighted by Crippen LogP contribution is 2.24. The molecule has 2 saturated heterocycles. The molecule has 2 fully saturated rings. The van der Waals surface area contributed by atoms with Crippen molar-refractivity contribution in [2.45, 2.75) is 26.3 Å². The van der Waals surface area contributed by atoms with Crippen LogP contribution in [0.2, 0.25) is 0 Å². The average Bonchev–Trinajstić information content (AvgIpc) is 2.57. The quantitative estimate of drug-likeness (QED) is 0.820. The number of likely N-dealkylation sites (tertiary alicyclic amines) is 1. The SMILES string of the molecule is CC(C)(C)N1CC(CNC(=O)CN2C(=O)CSC2=O)C1. The Hall–Kier alpha value is -1.08. The molecule has 0 aromatic rings. The fourth-order valence-corrected chi connectivity index (χ4v) is 2.96. The molecule has 6 nitrogen and oxygen atoms in total. The van der Waals surface area contributed by atoms with Crippen LogP contribution >= 0.6 is 11.8 Å². The van der Waals surface area contributed by atoms with E-state index in [1.54, 1.807) is 0 Å². The molecule has 0 radical (unpaired) electrons. The van der Waals surface area contributed by atoms with Crippen molar-refractivity contribution < 1.29 is 14.4 Å². The molecule has 2 heterocycles. The molecule has 0 unspecified atom stereocenters. The van der Waals surface area contributed by atoms with Crippen LogP contribution in [-0.4, -0.2) is 64.3 Å². The minimum atomic E-state index is -0.326. The minimum Gasteiger partial charge on any atom is -0.354 e. The van der Waals surface area contributed by atoms with Gasteiger partial charge in [-0.3, -0.25) is 24.2 Å². The van der Waals surface area contributed by atoms with E-state index in [4.69, 9.17) is 0 Å². The van der Waals surface area contributed by atoms with Gasteiger partial charge in [-0.25, -0.2) is 0 Å². The van der Waals surface area contributed by atoms with Crippen LogP contribution in [0.25, 0.3) is 0 Å². The van der Waals surface area contributed by atoms with Gasteiger partial charge in [0, 0.05) is 31.1 Å². The second kappa shape index (κ2) is 5.73. The number of hydrogen-bond acceptors (Lipinski definition) is 5. The number of nitrogens with one attached hydrogen (secondary N) is 1. The van der Waals surface area contributed by atoms with Crippen LogP contribution in [0, 0.1) is 5.92 Å². The summed E-state index contributed by atoms with van der Waals surface area (Å²) in [4.78, 5) is 37.8. The fraction of sp³-hybridized carbons (Fsp3) is 0.769. The zero-order valence-electron chi connectivity index (χ0n) is 12.1. The number of hydrogen-bond donors (Lipinski definition) is 1. The number of carbonyl (C=O) groups excluding carboxylic acids is 3. The van der Waals surface area contributed by atoms with Gasteiger partial charge in [0.1, 0.15) is 6.54 Å². The van der Waals surface area contributed by atoms with E-state index in [0.29, 0.717) is 12.5 Å². The van der Waals surface area contributed by atoms with E-state index in [-0.39, 0.29) is 34.9 Å². The second-order valence-corrected chi connectivity index (χ2v) is 7.21. The Bertz CT molecular complexity index is 411. The highest BCUT2D eigenvalue weighted by molar-refractivity contribution is 8.14. The predicted molar refractivity (Wildman–Crippen MR) is 77.4 cm³/mol. The minimum absolute atomic E-state index is 0.148. The lowest BCUT2D eigenvalue weighted by atomic mass is 9.92. The summed E-state index contributed by atoms with van der Waals surface area (Å²) in [6.07, 6.45) is 0. The van der Waals surface area contributed by atoms with Crippen LogP contribution in [0.15, 0.2) is 0 Å². The van der Waals surface area contributed by atoms with Crippen molar-refractivity contribution >= 4 is 28.8 Å². The van der Waals surface area contributed by atoms with Crippen molar-refractivity contribution in [3.63, 3.8) is 0 Å². The number of rotatable bonds is 4. The van der Waals surface area contributed by atoms with Gasteiger partial charge < -0.3 is 5.32 Å². The lowest BCUT2D eigenvalue weighted by molar-refractivity contribution is -0.130. The van der Waals surface area contributed by atoms with Crippen LogP contribution in [-0.2, 0) is 9.59 Å². The Kier molecular flexibility index (Phi) is 4.39. The summed E-state index contributed by atoms with van der Waals surface area (Å²) >= 11 is 0.949. The first-order chi connectivity index (χ1) is 9.27. The Morgan fingerprint density at radius 2 is 2.00 bits per heavy atom. The van der Waals surface area contributed by atoms with Crippen molar-refractivity contribution in [3.05, 3.63) is 0 Å². The first-order valence-electron chi connectivity index (χ1n) is 6.76. The molecule has 0 aliphatic carbocycles. The number of nitrogens with zero attached hydrogens (tertiary/aromatic N) is 2. The third-order valence-electron chi connectivity index (χ3n) is 3.64. The van der Waals surface area contributed by atoms with E-state index in [9.17, 15) is 14.4 Å². The van der Waals surface area contributed by atoms with Crippen LogP contribution < -0.4 is 5.32 Å². The van der Waals surface area contributed by atoms with Crippen molar-refractivity contribution in [3.8, 4) is 0 Å². The van der Waals surface area contributed by atoms with Gasteiger partial charge in [-0.1, -0.05) is 11.8 Å². The average molecular weight is 299 g/mol. The number of imide groups is 1. The van der Waals surface area contributed by atoms with Gasteiger partial charge in [-0.2, -0.15) is 0 Å². The van der Waals surface area contributed by atoms with E-state index in [1.807, 2.05) is 0 Å². The predicted octanol–water partition coefficient (Wildman–Crippen LogP) is 0.528. The third-order valence-corrected chi connectivity index (χ3v) is 4.49. The van der Waals surface area contributed by atoms with E-state index < -0.39 is 0 Å². The highest BCUT2D eigenvalue weighted by atomic mass is 32.2. The monoisotopic (exact) mass is 299 g/mol. The molecule has 0 saturated carbocycles. The molecule has 2 aliphatic rings. The van der Waals surface area contributed by atoms with Gasteiger partial charge in [-0.15, -0.1) is 0 Å². The Morgan fingerprint density at radius 1 is 1.35 bits per heavy atom. The van der Waals surface area contributed by atoms with Crippen molar-refractivity contribution in [1.82, 2.24) is 15.1 Å². The summed E-state index contributed by atoms with van der Waals surface area (Å²) in [6, 6.07) is 0. The molecule has 0 aromatic carbocycles. The maximum Gasteiger partial charge on any atom is 0.289 e. The topological polar surface area (TPSA) is 69.7 Å². The van der Waals surface area contributed by atoms with Gasteiger partial charge >= 0.3 is 0 Å². The van der Waals surface area contributed by atoms with Crippen molar-refractivity contribution in [2.75, 3.05) is 31.9 Å². The molecule has 7 heteroatoms. The van der Waals surface area contributed by atoms with E-state index in [2.05, 4.69) is 31.0 Å². The maximum atomic E-state index is 11.7. The molecular formula is C13H21N3O3S. The van der Waals surface area contributed by atoms with Gasteiger partial charge in [0.15, 0.2) is 0 Å². The maximum absolute atomic E-state index is 11.7. The normalized spacial score (nSPS) is 21.2. The third kappa shape index (κ3) is 3.52. The summed E-state index contributed by atoms with van der Waals surface area (Å²) in [5, 5.41) is 2.48. The lowest BCUT2D eigenvalue weighted by Gasteiger charge is -2.47. The molecule has 20 heavy (non-hydrogen) atoms. The number of carbonyl (C=O) groups is 3. The second-order valence-electron chi connectivity index (χ2n) is 6.28. The lowest BCUT2D eigenvalue weighted by Crippen LogP contribution is -2.58. The summed E-state index contributed by atoms with van der Waals surface area (Å²) in [5.41, 5.74) is 0.173. The van der Waals surface area contributed by atoms with Crippen LogP contribution in [0.5, 0.6) is 0 Å². The molecule has 112 valence electrons. The molecule has 3 amide bonds. The van der Waals surface area contributed by atoms with Crippen LogP contribution in [0.1, 0.15) is 20.8 Å². The van der Waals surface area contributed by atoms with Gasteiger partial charge in [0.25, 0.3) is 5.24 Å². The van der Waals surface area contributed by atoms with Crippen LogP contribution in [0.3, 0.4) is 0 Å². The molecule has 0 bridgehead atoms. The largest absolute Gasteiger partial charge is 0.354 e. The van der Waals surface area contributed by atoms with E-state index >= 15 is 0 Å². The fourth-order valence-electron chi connectivity index (χ4n) is 2.24. The van der Waals surface area contributed by atoms with Gasteiger partial charge in [0.05, 0.1) is 5.75 Å². The molecule has 2 aliphatic heterocycles. The zero-order valence-corrected chi connectivity index (χ0v) is 13.0. The Balaban J connectivity index is 1.67. The first-order valence-corrected chi connectivity index (χ1v) is 7.75. The molecule has 0 atom stereocenters. The van der Waals surface area contributed by atoms with Crippen molar-refractivity contribution in [1.29, 1.82) is 0 Å². The van der Waals surface area contributed by atoms with Gasteiger partial charge in [0.2, 0.25) is 11.8 Å². The first kappa shape index (κ1) is 15.3. The van der Waals surface area contributed by atoms with Crippen molar-refractivity contribution in [2.24, 2.45) is 5.92 Å². The molecule has 2 rings (SSSR count). The van der Waals surface area contributed by atoms with E-state index in [1.165, 1.54) is 0 Å². The number of amides is 3. The summed E-state index contributed by atoms with van der Waals surface area (Å²) < 4.78 is 0. The number of thioether (sulfide) groups is 1. The Morgan fingerprint density at radius 3 is 2.50 bits per heavy atom. The van der Waals surface area contributed by atoms with Crippen LogP contribution in [0.4, 0.5) is 4.79 Å². The molecule has 0 spiro atoms. The summed E-state index contributed by atoms with van der Waals surface area (Å²) in [7, 11) is 0. The smallest absolute Gasteiger partial charge is 0.289 e. The molecular weight excluding hydrogens is 278 g/mol. The summed E-state index contributed by atoms with van der Waals surface area (Å²) in [5.74, 6) is 0.0635. The summed E-state index contributed by atoms with van der Waals surface area (Å²) in [6.45, 7) is 8.91. The standard InChI is InChI=1S/C13H21N3O3S/c1-13(2,3)15-5-9(6-15)4-14-10(17)7-16-11(18)8-20-12(16)19/h9H,4-8H2,1-3H3,(H,14,17). The molecule has 1 N–H and O–H groups in total.